The quantitative estimate of drug-likeness (QED) is 0.660. The summed E-state index contributed by atoms with van der Waals surface area (Å²) in [5, 5.41) is 14.8. The SMILES string of the molecule is CCC(CC)(CC(=O)NC1CCC(=O)NC1)C(=O)O. The molecule has 0 bridgehead atoms. The topological polar surface area (TPSA) is 95.5 Å². The maximum atomic E-state index is 11.9. The van der Waals surface area contributed by atoms with Gasteiger partial charge >= 0.3 is 5.97 Å². The van der Waals surface area contributed by atoms with E-state index in [2.05, 4.69) is 10.6 Å². The van der Waals surface area contributed by atoms with Crippen molar-refractivity contribution in [3.05, 3.63) is 0 Å². The first-order valence-corrected chi connectivity index (χ1v) is 6.73. The maximum absolute atomic E-state index is 11.9. The highest BCUT2D eigenvalue weighted by molar-refractivity contribution is 5.85. The summed E-state index contributed by atoms with van der Waals surface area (Å²) in [4.78, 5) is 34.3. The summed E-state index contributed by atoms with van der Waals surface area (Å²) in [7, 11) is 0. The number of carboxylic acid groups (broad SMARTS) is 1. The summed E-state index contributed by atoms with van der Waals surface area (Å²) < 4.78 is 0. The van der Waals surface area contributed by atoms with Crippen LogP contribution >= 0.6 is 0 Å². The van der Waals surface area contributed by atoms with Crippen LogP contribution in [0.1, 0.15) is 46.0 Å². The van der Waals surface area contributed by atoms with Crippen LogP contribution in [-0.2, 0) is 14.4 Å². The van der Waals surface area contributed by atoms with Crippen LogP contribution in [-0.4, -0.2) is 35.5 Å². The highest BCUT2D eigenvalue weighted by Gasteiger charge is 2.37. The summed E-state index contributed by atoms with van der Waals surface area (Å²) in [6.45, 7) is 3.99. The Labute approximate surface area is 112 Å². The summed E-state index contributed by atoms with van der Waals surface area (Å²) in [5.74, 6) is -1.19. The van der Waals surface area contributed by atoms with E-state index in [1.807, 2.05) is 0 Å². The van der Waals surface area contributed by atoms with Crippen LogP contribution in [0.2, 0.25) is 0 Å². The predicted molar refractivity (Wildman–Crippen MR) is 69.4 cm³/mol. The van der Waals surface area contributed by atoms with E-state index in [1.54, 1.807) is 13.8 Å². The first-order chi connectivity index (χ1) is 8.93. The molecule has 1 rings (SSSR count). The van der Waals surface area contributed by atoms with Gasteiger partial charge in [-0.25, -0.2) is 0 Å². The Kier molecular flexibility index (Phi) is 5.32. The Morgan fingerprint density at radius 3 is 2.47 bits per heavy atom. The minimum Gasteiger partial charge on any atom is -0.481 e. The Morgan fingerprint density at radius 2 is 2.05 bits per heavy atom. The Morgan fingerprint density at radius 1 is 1.42 bits per heavy atom. The number of piperidine rings is 1. The molecule has 1 atom stereocenters. The van der Waals surface area contributed by atoms with E-state index in [1.165, 1.54) is 0 Å². The summed E-state index contributed by atoms with van der Waals surface area (Å²) in [6.07, 6.45) is 1.84. The van der Waals surface area contributed by atoms with Gasteiger partial charge < -0.3 is 15.7 Å². The van der Waals surface area contributed by atoms with Gasteiger partial charge in [-0.1, -0.05) is 13.8 Å². The van der Waals surface area contributed by atoms with E-state index in [0.717, 1.165) is 0 Å². The smallest absolute Gasteiger partial charge is 0.310 e. The average molecular weight is 270 g/mol. The van der Waals surface area contributed by atoms with Crippen LogP contribution in [0.3, 0.4) is 0 Å². The van der Waals surface area contributed by atoms with E-state index in [0.29, 0.717) is 32.2 Å². The van der Waals surface area contributed by atoms with Gasteiger partial charge in [0, 0.05) is 25.4 Å². The Balaban J connectivity index is 2.54. The number of hydrogen-bond donors (Lipinski definition) is 3. The normalized spacial score (nSPS) is 19.7. The van der Waals surface area contributed by atoms with Crippen molar-refractivity contribution in [2.24, 2.45) is 5.41 Å². The van der Waals surface area contributed by atoms with Crippen LogP contribution in [0.25, 0.3) is 0 Å². The number of aliphatic carboxylic acids is 1. The molecule has 3 N–H and O–H groups in total. The Bertz CT molecular complexity index is 354. The van der Waals surface area contributed by atoms with Gasteiger partial charge in [-0.05, 0) is 19.3 Å². The fraction of sp³-hybridized carbons (Fsp3) is 0.769. The van der Waals surface area contributed by atoms with Gasteiger partial charge in [0.25, 0.3) is 0 Å². The third-order valence-corrected chi connectivity index (χ3v) is 3.94. The molecule has 0 aromatic heterocycles. The molecule has 0 aromatic rings. The van der Waals surface area contributed by atoms with Gasteiger partial charge in [-0.3, -0.25) is 14.4 Å². The molecule has 1 aliphatic heterocycles. The monoisotopic (exact) mass is 270 g/mol. The van der Waals surface area contributed by atoms with Crippen LogP contribution < -0.4 is 10.6 Å². The lowest BCUT2D eigenvalue weighted by atomic mass is 9.79. The third-order valence-electron chi connectivity index (χ3n) is 3.94. The first-order valence-electron chi connectivity index (χ1n) is 6.73. The number of hydrogen-bond acceptors (Lipinski definition) is 3. The lowest BCUT2D eigenvalue weighted by Crippen LogP contribution is -2.49. The van der Waals surface area contributed by atoms with Gasteiger partial charge in [-0.2, -0.15) is 0 Å². The molecule has 0 saturated carbocycles. The summed E-state index contributed by atoms with van der Waals surface area (Å²) in [5.41, 5.74) is -0.984. The minimum atomic E-state index is -0.984. The largest absolute Gasteiger partial charge is 0.481 e. The van der Waals surface area contributed by atoms with Gasteiger partial charge in [0.1, 0.15) is 0 Å². The number of carbonyl (C=O) groups excluding carboxylic acids is 2. The van der Waals surface area contributed by atoms with E-state index in [4.69, 9.17) is 0 Å². The zero-order valence-corrected chi connectivity index (χ0v) is 11.5. The molecule has 1 aliphatic rings. The average Bonchev–Trinajstić information content (AvgIpc) is 2.38. The van der Waals surface area contributed by atoms with Crippen molar-refractivity contribution in [1.82, 2.24) is 10.6 Å². The van der Waals surface area contributed by atoms with Crippen LogP contribution in [0.15, 0.2) is 0 Å². The lowest BCUT2D eigenvalue weighted by molar-refractivity contribution is -0.152. The molecular formula is C13H22N2O4. The lowest BCUT2D eigenvalue weighted by Gasteiger charge is -2.28. The van der Waals surface area contributed by atoms with Crippen LogP contribution in [0, 0.1) is 5.41 Å². The van der Waals surface area contributed by atoms with E-state index in [9.17, 15) is 19.5 Å². The fourth-order valence-corrected chi connectivity index (χ4v) is 2.32. The predicted octanol–water partition coefficient (Wildman–Crippen LogP) is 0.662. The van der Waals surface area contributed by atoms with Crippen molar-refractivity contribution in [3.8, 4) is 0 Å². The molecule has 6 nitrogen and oxygen atoms in total. The summed E-state index contributed by atoms with van der Waals surface area (Å²) >= 11 is 0. The van der Waals surface area contributed by atoms with Crippen molar-refractivity contribution >= 4 is 17.8 Å². The molecule has 0 spiro atoms. The second-order valence-electron chi connectivity index (χ2n) is 5.08. The molecule has 0 aromatic carbocycles. The van der Waals surface area contributed by atoms with Gasteiger partial charge in [-0.15, -0.1) is 0 Å². The number of carboxylic acids is 1. The molecule has 19 heavy (non-hydrogen) atoms. The second-order valence-corrected chi connectivity index (χ2v) is 5.08. The van der Waals surface area contributed by atoms with E-state index in [-0.39, 0.29) is 24.3 Å². The molecule has 2 amide bonds. The van der Waals surface area contributed by atoms with Crippen LogP contribution in [0.5, 0.6) is 0 Å². The number of rotatable bonds is 6. The standard InChI is InChI=1S/C13H22N2O4/c1-3-13(4-2,12(18)19)7-11(17)15-9-5-6-10(16)14-8-9/h9H,3-8H2,1-2H3,(H,14,16)(H,15,17)(H,18,19). The van der Waals surface area contributed by atoms with Crippen LogP contribution in [0.4, 0.5) is 0 Å². The van der Waals surface area contributed by atoms with E-state index >= 15 is 0 Å². The van der Waals surface area contributed by atoms with Gasteiger partial charge in [0.15, 0.2) is 0 Å². The third kappa shape index (κ3) is 3.94. The highest BCUT2D eigenvalue weighted by atomic mass is 16.4. The molecule has 1 fully saturated rings. The van der Waals surface area contributed by atoms with Crippen molar-refractivity contribution in [2.45, 2.75) is 52.0 Å². The minimum absolute atomic E-state index is 0.00695. The molecule has 0 aliphatic carbocycles. The molecule has 6 heteroatoms. The first kappa shape index (κ1) is 15.5. The zero-order valence-electron chi connectivity index (χ0n) is 11.5. The van der Waals surface area contributed by atoms with Gasteiger partial charge in [0.05, 0.1) is 5.41 Å². The molecule has 1 unspecified atom stereocenters. The van der Waals surface area contributed by atoms with E-state index < -0.39 is 11.4 Å². The molecule has 1 saturated heterocycles. The van der Waals surface area contributed by atoms with Crippen molar-refractivity contribution in [3.63, 3.8) is 0 Å². The molecule has 1 heterocycles. The molecule has 108 valence electrons. The fourth-order valence-electron chi connectivity index (χ4n) is 2.32. The number of amides is 2. The van der Waals surface area contributed by atoms with Gasteiger partial charge in [0.2, 0.25) is 11.8 Å². The second kappa shape index (κ2) is 6.54. The molecular weight excluding hydrogens is 248 g/mol. The van der Waals surface area contributed by atoms with Crippen molar-refractivity contribution in [2.75, 3.05) is 6.54 Å². The van der Waals surface area contributed by atoms with Crippen molar-refractivity contribution in [1.29, 1.82) is 0 Å². The number of carbonyl (C=O) groups is 3. The highest BCUT2D eigenvalue weighted by Crippen LogP contribution is 2.30. The number of nitrogens with one attached hydrogen (secondary N) is 2. The zero-order chi connectivity index (χ0) is 14.5. The maximum Gasteiger partial charge on any atom is 0.310 e. The van der Waals surface area contributed by atoms with Crippen molar-refractivity contribution < 1.29 is 19.5 Å². The Hall–Kier alpha value is -1.59. The summed E-state index contributed by atoms with van der Waals surface area (Å²) in [6, 6.07) is -0.0922. The molecule has 0 radical (unpaired) electrons.